The maximum atomic E-state index is 12.1. The lowest BCUT2D eigenvalue weighted by Crippen LogP contribution is -2.28. The molecule has 5 rings (SSSR count). The lowest BCUT2D eigenvalue weighted by Gasteiger charge is -2.15. The third kappa shape index (κ3) is 3.91. The van der Waals surface area contributed by atoms with Crippen molar-refractivity contribution in [1.82, 2.24) is 24.8 Å². The van der Waals surface area contributed by atoms with Gasteiger partial charge in [-0.3, -0.25) is 4.79 Å². The summed E-state index contributed by atoms with van der Waals surface area (Å²) in [5, 5.41) is 11.1. The number of H-pyrrole nitrogens is 1. The summed E-state index contributed by atoms with van der Waals surface area (Å²) in [5.74, 6) is 0.297. The number of benzene rings is 2. The van der Waals surface area contributed by atoms with Crippen molar-refractivity contribution in [3.05, 3.63) is 70.1 Å². The highest BCUT2D eigenvalue weighted by Crippen LogP contribution is 2.27. The predicted molar refractivity (Wildman–Crippen MR) is 126 cm³/mol. The fourth-order valence-corrected chi connectivity index (χ4v) is 4.52. The van der Waals surface area contributed by atoms with Crippen molar-refractivity contribution in [1.29, 1.82) is 0 Å². The van der Waals surface area contributed by atoms with Crippen LogP contribution >= 0.6 is 0 Å². The first kappa shape index (κ1) is 20.5. The van der Waals surface area contributed by atoms with Crippen LogP contribution in [0, 0.1) is 6.92 Å². The maximum Gasteiger partial charge on any atom is 0.348 e. The molecule has 0 atom stereocenters. The molecule has 0 bridgehead atoms. The summed E-state index contributed by atoms with van der Waals surface area (Å²) in [6, 6.07) is 16.7. The second kappa shape index (κ2) is 8.59. The number of likely N-dealkylation sites (tertiary alicyclic amines) is 1. The highest BCUT2D eigenvalue weighted by Gasteiger charge is 2.18. The van der Waals surface area contributed by atoms with E-state index < -0.39 is 0 Å². The van der Waals surface area contributed by atoms with Crippen molar-refractivity contribution in [2.24, 2.45) is 0 Å². The van der Waals surface area contributed by atoms with Crippen molar-refractivity contribution in [3.63, 3.8) is 0 Å². The van der Waals surface area contributed by atoms with Gasteiger partial charge in [0.05, 0.1) is 5.52 Å². The molecule has 1 aliphatic rings. The quantitative estimate of drug-likeness (QED) is 0.442. The highest BCUT2D eigenvalue weighted by molar-refractivity contribution is 5.89. The van der Waals surface area contributed by atoms with Gasteiger partial charge in [-0.25, -0.2) is 14.3 Å². The van der Waals surface area contributed by atoms with Crippen molar-refractivity contribution < 1.29 is 4.79 Å². The van der Waals surface area contributed by atoms with Crippen molar-refractivity contribution in [2.45, 2.75) is 32.7 Å². The molecule has 7 nitrogen and oxygen atoms in total. The average molecular weight is 430 g/mol. The molecule has 2 N–H and O–H groups in total. The number of nitrogens with zero attached hydrogens (tertiary/aromatic N) is 3. The number of aromatic amines is 1. The number of carbonyl (C=O) groups is 1. The van der Waals surface area contributed by atoms with Crippen LogP contribution in [-0.4, -0.2) is 45.0 Å². The zero-order valence-electron chi connectivity index (χ0n) is 18.2. The Morgan fingerprint density at radius 2 is 1.88 bits per heavy atom. The summed E-state index contributed by atoms with van der Waals surface area (Å²) in [6.07, 6.45) is 2.69. The van der Waals surface area contributed by atoms with E-state index in [1.165, 1.54) is 5.56 Å². The molecule has 1 amide bonds. The zero-order valence-corrected chi connectivity index (χ0v) is 18.2. The molecular formula is C25H27N5O2. The predicted octanol–water partition coefficient (Wildman–Crippen LogP) is 3.25. The number of hydrogen-bond donors (Lipinski definition) is 2. The standard InChI is InChI=1S/C25H27N5O2/c1-17-14-23-27-28-25(32)30(23)22-10-9-20(15-21(17)22)19-7-5-18(6-8-19)16-26-11-3-13-29-12-2-4-24(29)31/h5-10,14-15,26H,2-4,11-13,16H2,1H3,(H,28,32). The monoisotopic (exact) mass is 429 g/mol. The SMILES string of the molecule is Cc1cc2n[nH]c(=O)n2c2ccc(-c3ccc(CNCCCN4CCCC4=O)cc3)cc12. The highest BCUT2D eigenvalue weighted by atomic mass is 16.2. The van der Waals surface area contributed by atoms with Gasteiger partial charge in [0.15, 0.2) is 5.65 Å². The van der Waals surface area contributed by atoms with E-state index in [9.17, 15) is 9.59 Å². The minimum atomic E-state index is -0.221. The van der Waals surface area contributed by atoms with Gasteiger partial charge in [-0.05, 0) is 66.8 Å². The molecule has 32 heavy (non-hydrogen) atoms. The smallest absolute Gasteiger partial charge is 0.343 e. The number of nitrogens with one attached hydrogen (secondary N) is 2. The number of rotatable bonds is 7. The summed E-state index contributed by atoms with van der Waals surface area (Å²) in [6.45, 7) is 5.52. The fourth-order valence-electron chi connectivity index (χ4n) is 4.52. The van der Waals surface area contributed by atoms with E-state index in [4.69, 9.17) is 0 Å². The van der Waals surface area contributed by atoms with Crippen LogP contribution in [0.2, 0.25) is 0 Å². The molecule has 2 aromatic carbocycles. The summed E-state index contributed by atoms with van der Waals surface area (Å²) in [4.78, 5) is 25.7. The molecule has 0 spiro atoms. The van der Waals surface area contributed by atoms with Crippen LogP contribution in [0.4, 0.5) is 0 Å². The summed E-state index contributed by atoms with van der Waals surface area (Å²) in [5.41, 5.74) is 5.85. The number of amides is 1. The van der Waals surface area contributed by atoms with Gasteiger partial charge >= 0.3 is 5.69 Å². The van der Waals surface area contributed by atoms with E-state index in [0.29, 0.717) is 18.0 Å². The second-order valence-corrected chi connectivity index (χ2v) is 8.49. The molecule has 0 unspecified atom stereocenters. The van der Waals surface area contributed by atoms with Gasteiger partial charge in [0.1, 0.15) is 0 Å². The first-order chi connectivity index (χ1) is 15.6. The molecule has 0 radical (unpaired) electrons. The third-order valence-corrected chi connectivity index (χ3v) is 6.28. The maximum absolute atomic E-state index is 12.1. The van der Waals surface area contributed by atoms with Crippen LogP contribution in [0.5, 0.6) is 0 Å². The Morgan fingerprint density at radius 3 is 2.66 bits per heavy atom. The van der Waals surface area contributed by atoms with Gasteiger partial charge in [-0.2, -0.15) is 5.10 Å². The van der Waals surface area contributed by atoms with Crippen LogP contribution in [-0.2, 0) is 11.3 Å². The molecule has 7 heteroatoms. The summed E-state index contributed by atoms with van der Waals surface area (Å²) >= 11 is 0. The lowest BCUT2D eigenvalue weighted by molar-refractivity contribution is -0.127. The number of aromatic nitrogens is 3. The molecular weight excluding hydrogens is 402 g/mol. The van der Waals surface area contributed by atoms with Crippen LogP contribution in [0.1, 0.15) is 30.4 Å². The van der Waals surface area contributed by atoms with E-state index in [0.717, 1.165) is 66.6 Å². The fraction of sp³-hybridized carbons (Fsp3) is 0.320. The van der Waals surface area contributed by atoms with E-state index in [1.54, 1.807) is 4.40 Å². The number of carbonyl (C=O) groups excluding carboxylic acids is 1. The topological polar surface area (TPSA) is 82.5 Å². The Labute approximate surface area is 186 Å². The molecule has 164 valence electrons. The zero-order chi connectivity index (χ0) is 22.1. The Morgan fingerprint density at radius 1 is 1.06 bits per heavy atom. The number of aryl methyl sites for hydroxylation is 1. The average Bonchev–Trinajstić information content (AvgIpc) is 3.39. The molecule has 0 aliphatic carbocycles. The molecule has 1 saturated heterocycles. The van der Waals surface area contributed by atoms with Gasteiger partial charge in [0.25, 0.3) is 0 Å². The number of pyridine rings is 1. The molecule has 3 heterocycles. The first-order valence-corrected chi connectivity index (χ1v) is 11.2. The van der Waals surface area contributed by atoms with Gasteiger partial charge in [0, 0.05) is 31.4 Å². The van der Waals surface area contributed by atoms with Crippen LogP contribution in [0.15, 0.2) is 53.3 Å². The number of hydrogen-bond acceptors (Lipinski definition) is 4. The van der Waals surface area contributed by atoms with Crippen LogP contribution in [0.3, 0.4) is 0 Å². The minimum absolute atomic E-state index is 0.221. The van der Waals surface area contributed by atoms with E-state index in [1.807, 2.05) is 30.0 Å². The van der Waals surface area contributed by atoms with E-state index in [2.05, 4.69) is 45.8 Å². The molecule has 1 fully saturated rings. The second-order valence-electron chi connectivity index (χ2n) is 8.49. The van der Waals surface area contributed by atoms with Crippen molar-refractivity contribution in [3.8, 4) is 11.1 Å². The normalized spacial score (nSPS) is 14.2. The molecule has 0 saturated carbocycles. The van der Waals surface area contributed by atoms with Gasteiger partial charge in [-0.15, -0.1) is 0 Å². The number of fused-ring (bicyclic) bond motifs is 3. The lowest BCUT2D eigenvalue weighted by atomic mass is 10.00. The molecule has 4 aromatic rings. The van der Waals surface area contributed by atoms with Crippen molar-refractivity contribution >= 4 is 22.5 Å². The van der Waals surface area contributed by atoms with Crippen molar-refractivity contribution in [2.75, 3.05) is 19.6 Å². The Hall–Kier alpha value is -3.45. The van der Waals surface area contributed by atoms with Crippen LogP contribution in [0.25, 0.3) is 27.7 Å². The Balaban J connectivity index is 1.25. The van der Waals surface area contributed by atoms with Gasteiger partial charge < -0.3 is 10.2 Å². The molecule has 2 aromatic heterocycles. The Kier molecular flexibility index (Phi) is 5.49. The van der Waals surface area contributed by atoms with Crippen LogP contribution < -0.4 is 11.0 Å². The molecule has 1 aliphatic heterocycles. The summed E-state index contributed by atoms with van der Waals surface area (Å²) in [7, 11) is 0. The van der Waals surface area contributed by atoms with E-state index in [-0.39, 0.29) is 5.69 Å². The van der Waals surface area contributed by atoms with E-state index >= 15 is 0 Å². The summed E-state index contributed by atoms with van der Waals surface area (Å²) < 4.78 is 1.61. The van der Waals surface area contributed by atoms with Gasteiger partial charge in [0.2, 0.25) is 5.91 Å². The first-order valence-electron chi connectivity index (χ1n) is 11.2. The minimum Gasteiger partial charge on any atom is -0.343 e. The Bertz CT molecular complexity index is 1340. The van der Waals surface area contributed by atoms with Gasteiger partial charge in [-0.1, -0.05) is 30.3 Å². The largest absolute Gasteiger partial charge is 0.348 e. The third-order valence-electron chi connectivity index (χ3n) is 6.28.